The first-order chi connectivity index (χ1) is 16.8. The number of aryl methyl sites for hydroxylation is 1. The molecule has 0 aliphatic rings. The van der Waals surface area contributed by atoms with Gasteiger partial charge in [0.25, 0.3) is 11.5 Å². The lowest BCUT2D eigenvalue weighted by molar-refractivity contribution is -0.119. The number of likely N-dealkylation sites (N-methyl/N-ethyl adjacent to an activating group) is 1. The lowest BCUT2D eigenvalue weighted by atomic mass is 10.1. The van der Waals surface area contributed by atoms with Gasteiger partial charge >= 0.3 is 5.69 Å². The number of furan rings is 1. The fourth-order valence-electron chi connectivity index (χ4n) is 4.01. The Morgan fingerprint density at radius 2 is 1.83 bits per heavy atom. The highest BCUT2D eigenvalue weighted by molar-refractivity contribution is 6.35. The minimum Gasteiger partial charge on any atom is -0.449 e. The zero-order valence-corrected chi connectivity index (χ0v) is 22.1. The molecular formula is C25H32ClN5O5. The van der Waals surface area contributed by atoms with Crippen LogP contribution in [0, 0.1) is 18.8 Å². The molecule has 0 aliphatic heterocycles. The highest BCUT2D eigenvalue weighted by Crippen LogP contribution is 2.31. The number of carbonyl (C=O) groups is 2. The maximum absolute atomic E-state index is 13.4. The number of para-hydroxylation sites is 1. The molecule has 11 heteroatoms. The van der Waals surface area contributed by atoms with E-state index in [0.717, 1.165) is 0 Å². The number of nitrogens with two attached hydrogens (primary N) is 1. The van der Waals surface area contributed by atoms with Crippen LogP contribution in [0.1, 0.15) is 43.8 Å². The van der Waals surface area contributed by atoms with Crippen LogP contribution in [0.3, 0.4) is 0 Å². The van der Waals surface area contributed by atoms with Gasteiger partial charge in [-0.2, -0.15) is 0 Å². The number of halogens is 1. The van der Waals surface area contributed by atoms with Gasteiger partial charge in [-0.25, -0.2) is 4.79 Å². The number of fused-ring (bicyclic) bond motifs is 1. The molecule has 2 aromatic heterocycles. The third-order valence-corrected chi connectivity index (χ3v) is 6.01. The lowest BCUT2D eigenvalue weighted by Crippen LogP contribution is -2.47. The van der Waals surface area contributed by atoms with Crippen LogP contribution < -0.4 is 21.9 Å². The van der Waals surface area contributed by atoms with Crippen molar-refractivity contribution >= 4 is 45.9 Å². The van der Waals surface area contributed by atoms with Gasteiger partial charge in [0.15, 0.2) is 17.0 Å². The Kier molecular flexibility index (Phi) is 7.98. The quantitative estimate of drug-likeness (QED) is 0.471. The SMILES string of the molecule is Cc1c(C(=O)N(C)CC(=O)N(CC(C)C)c2c(N)n(CC(C)C)c(=O)[nH]c2=O)oc2c(Cl)cccc12. The molecular weight excluding hydrogens is 486 g/mol. The van der Waals surface area contributed by atoms with Gasteiger partial charge in [-0.05, 0) is 24.8 Å². The average molecular weight is 518 g/mol. The fourth-order valence-corrected chi connectivity index (χ4v) is 4.23. The Morgan fingerprint density at radius 1 is 1.17 bits per heavy atom. The third kappa shape index (κ3) is 5.33. The number of H-pyrrole nitrogens is 1. The molecule has 0 unspecified atom stereocenters. The van der Waals surface area contributed by atoms with Gasteiger partial charge < -0.3 is 20.0 Å². The molecule has 0 aliphatic carbocycles. The standard InChI is InChI=1S/C25H32ClN5O5/c1-13(2)10-30(19-22(27)31(11-14(3)4)25(35)28-23(19)33)18(32)12-29(6)24(34)20-15(5)16-8-7-9-17(26)21(16)36-20/h7-9,13-14H,10-12,27H2,1-6H3,(H,28,33,35). The van der Waals surface area contributed by atoms with Crippen molar-refractivity contribution in [3.05, 3.63) is 55.4 Å². The second-order valence-electron chi connectivity index (χ2n) is 9.73. The first-order valence-electron chi connectivity index (χ1n) is 11.7. The summed E-state index contributed by atoms with van der Waals surface area (Å²) in [5.41, 5.74) is 5.74. The fraction of sp³-hybridized carbons (Fsp3) is 0.440. The summed E-state index contributed by atoms with van der Waals surface area (Å²) >= 11 is 6.21. The number of amides is 2. The normalized spacial score (nSPS) is 11.5. The number of hydrogen-bond acceptors (Lipinski definition) is 6. The van der Waals surface area contributed by atoms with E-state index in [1.165, 1.54) is 21.4 Å². The van der Waals surface area contributed by atoms with E-state index in [2.05, 4.69) is 4.98 Å². The first kappa shape index (κ1) is 27.1. The summed E-state index contributed by atoms with van der Waals surface area (Å²) in [7, 11) is 1.47. The van der Waals surface area contributed by atoms with E-state index in [0.29, 0.717) is 21.6 Å². The number of anilines is 2. The maximum Gasteiger partial charge on any atom is 0.330 e. The Bertz CT molecular complexity index is 1420. The van der Waals surface area contributed by atoms with Crippen molar-refractivity contribution in [2.75, 3.05) is 30.8 Å². The molecule has 10 nitrogen and oxygen atoms in total. The molecule has 0 radical (unpaired) electrons. The van der Waals surface area contributed by atoms with E-state index in [1.54, 1.807) is 25.1 Å². The van der Waals surface area contributed by atoms with Crippen LogP contribution in [0.5, 0.6) is 0 Å². The number of carbonyl (C=O) groups excluding carboxylic acids is 2. The van der Waals surface area contributed by atoms with Gasteiger partial charge in [-0.1, -0.05) is 51.4 Å². The molecule has 36 heavy (non-hydrogen) atoms. The summed E-state index contributed by atoms with van der Waals surface area (Å²) in [6, 6.07) is 5.23. The van der Waals surface area contributed by atoms with Crippen molar-refractivity contribution in [3.8, 4) is 0 Å². The van der Waals surface area contributed by atoms with Crippen LogP contribution in [0.25, 0.3) is 11.0 Å². The molecule has 0 bridgehead atoms. The molecule has 0 spiro atoms. The largest absolute Gasteiger partial charge is 0.449 e. The molecule has 0 saturated carbocycles. The van der Waals surface area contributed by atoms with Crippen molar-refractivity contribution in [3.63, 3.8) is 0 Å². The lowest BCUT2D eigenvalue weighted by Gasteiger charge is -2.28. The summed E-state index contributed by atoms with van der Waals surface area (Å²) in [6.45, 7) is 9.39. The number of hydrogen-bond donors (Lipinski definition) is 2. The Hall–Kier alpha value is -3.53. The van der Waals surface area contributed by atoms with Gasteiger partial charge in [-0.3, -0.25) is 23.9 Å². The predicted octanol–water partition coefficient (Wildman–Crippen LogP) is 3.24. The van der Waals surface area contributed by atoms with E-state index in [4.69, 9.17) is 21.8 Å². The number of nitrogens with zero attached hydrogens (tertiary/aromatic N) is 3. The van der Waals surface area contributed by atoms with Gasteiger partial charge in [-0.15, -0.1) is 0 Å². The molecule has 0 atom stereocenters. The number of nitrogens with one attached hydrogen (secondary N) is 1. The highest BCUT2D eigenvalue weighted by atomic mass is 35.5. The second-order valence-corrected chi connectivity index (χ2v) is 10.1. The van der Waals surface area contributed by atoms with Gasteiger partial charge in [0.05, 0.1) is 5.02 Å². The van der Waals surface area contributed by atoms with Gasteiger partial charge in [0.2, 0.25) is 5.91 Å². The first-order valence-corrected chi connectivity index (χ1v) is 12.1. The monoisotopic (exact) mass is 517 g/mol. The highest BCUT2D eigenvalue weighted by Gasteiger charge is 2.29. The summed E-state index contributed by atoms with van der Waals surface area (Å²) in [5.74, 6) is -1.02. The van der Waals surface area contributed by atoms with Crippen LogP contribution >= 0.6 is 11.6 Å². The van der Waals surface area contributed by atoms with E-state index in [9.17, 15) is 19.2 Å². The van der Waals surface area contributed by atoms with Crippen molar-refractivity contribution in [1.29, 1.82) is 0 Å². The van der Waals surface area contributed by atoms with Crippen LogP contribution in [0.2, 0.25) is 5.02 Å². The van der Waals surface area contributed by atoms with Gasteiger partial charge in [0, 0.05) is 31.1 Å². The predicted molar refractivity (Wildman–Crippen MR) is 141 cm³/mol. The molecule has 2 amide bonds. The van der Waals surface area contributed by atoms with Crippen molar-refractivity contribution < 1.29 is 14.0 Å². The molecule has 3 N–H and O–H groups in total. The average Bonchev–Trinajstić information content (AvgIpc) is 3.12. The molecule has 0 fully saturated rings. The third-order valence-electron chi connectivity index (χ3n) is 5.71. The number of nitrogen functional groups attached to an aromatic ring is 1. The molecule has 2 heterocycles. The van der Waals surface area contributed by atoms with Crippen LogP contribution in [0.4, 0.5) is 11.5 Å². The molecule has 3 rings (SSSR count). The summed E-state index contributed by atoms with van der Waals surface area (Å²) in [5, 5.41) is 1.08. The van der Waals surface area contributed by atoms with Crippen molar-refractivity contribution in [2.45, 2.75) is 41.2 Å². The summed E-state index contributed by atoms with van der Waals surface area (Å²) in [6.07, 6.45) is 0. The smallest absolute Gasteiger partial charge is 0.330 e. The second kappa shape index (κ2) is 10.6. The number of aromatic nitrogens is 2. The van der Waals surface area contributed by atoms with Crippen LogP contribution in [0.15, 0.2) is 32.2 Å². The van der Waals surface area contributed by atoms with Crippen LogP contribution in [-0.4, -0.2) is 46.4 Å². The molecule has 1 aromatic carbocycles. The summed E-state index contributed by atoms with van der Waals surface area (Å²) < 4.78 is 7.00. The Balaban J connectivity index is 1.96. The van der Waals surface area contributed by atoms with Crippen molar-refractivity contribution in [2.24, 2.45) is 11.8 Å². The Labute approximate surface area is 213 Å². The van der Waals surface area contributed by atoms with E-state index >= 15 is 0 Å². The van der Waals surface area contributed by atoms with Gasteiger partial charge in [0.1, 0.15) is 12.4 Å². The Morgan fingerprint density at radius 3 is 2.42 bits per heavy atom. The molecule has 194 valence electrons. The van der Waals surface area contributed by atoms with E-state index < -0.39 is 23.1 Å². The minimum absolute atomic E-state index is 0.0287. The number of aromatic amines is 1. The van der Waals surface area contributed by atoms with Crippen LogP contribution in [-0.2, 0) is 11.3 Å². The number of benzene rings is 1. The topological polar surface area (TPSA) is 135 Å². The molecule has 3 aromatic rings. The van der Waals surface area contributed by atoms with E-state index in [1.807, 2.05) is 27.7 Å². The zero-order valence-electron chi connectivity index (χ0n) is 21.3. The summed E-state index contributed by atoms with van der Waals surface area (Å²) in [4.78, 5) is 56.5. The number of rotatable bonds is 8. The molecule has 0 saturated heterocycles. The zero-order chi connectivity index (χ0) is 26.9. The maximum atomic E-state index is 13.4. The van der Waals surface area contributed by atoms with E-state index in [-0.39, 0.29) is 48.7 Å². The van der Waals surface area contributed by atoms with Crippen molar-refractivity contribution in [1.82, 2.24) is 14.5 Å². The minimum atomic E-state index is -0.761.